The molecular formula is C10H13N3O3. The highest BCUT2D eigenvalue weighted by Crippen LogP contribution is 2.00. The zero-order valence-electron chi connectivity index (χ0n) is 8.60. The number of hydrogen-bond acceptors (Lipinski definition) is 4. The largest absolute Gasteiger partial charge is 0.445 e. The molecule has 1 aromatic carbocycles. The van der Waals surface area contributed by atoms with E-state index < -0.39 is 12.0 Å². The van der Waals surface area contributed by atoms with Crippen LogP contribution in [0.25, 0.3) is 0 Å². The topological polar surface area (TPSA) is 93.5 Å². The third-order valence-corrected chi connectivity index (χ3v) is 1.77. The van der Waals surface area contributed by atoms with Gasteiger partial charge >= 0.3 is 6.09 Å². The third-order valence-electron chi connectivity index (χ3n) is 1.77. The fraction of sp³-hybridized carbons (Fsp3) is 0.200. The Balaban J connectivity index is 2.23. The number of carbonyl (C=O) groups is 2. The van der Waals surface area contributed by atoms with Gasteiger partial charge in [-0.3, -0.25) is 10.2 Å². The van der Waals surface area contributed by atoms with Crippen molar-refractivity contribution in [1.29, 1.82) is 0 Å². The highest BCUT2D eigenvalue weighted by molar-refractivity contribution is 5.81. The summed E-state index contributed by atoms with van der Waals surface area (Å²) in [5.74, 6) is 4.34. The van der Waals surface area contributed by atoms with Crippen LogP contribution in [0.15, 0.2) is 30.3 Å². The normalized spacial score (nSPS) is 9.31. The van der Waals surface area contributed by atoms with Crippen molar-refractivity contribution in [3.63, 3.8) is 0 Å². The Morgan fingerprint density at radius 3 is 2.56 bits per heavy atom. The fourth-order valence-corrected chi connectivity index (χ4v) is 0.978. The maximum Gasteiger partial charge on any atom is 0.407 e. The van der Waals surface area contributed by atoms with Crippen molar-refractivity contribution in [2.75, 3.05) is 6.54 Å². The number of hydrazine groups is 1. The first-order valence-corrected chi connectivity index (χ1v) is 4.66. The Kier molecular flexibility index (Phi) is 4.81. The van der Waals surface area contributed by atoms with E-state index in [2.05, 4.69) is 5.32 Å². The first-order chi connectivity index (χ1) is 7.72. The molecule has 0 unspecified atom stereocenters. The van der Waals surface area contributed by atoms with Crippen molar-refractivity contribution in [3.05, 3.63) is 35.9 Å². The molecular weight excluding hydrogens is 210 g/mol. The van der Waals surface area contributed by atoms with E-state index in [1.54, 1.807) is 0 Å². The summed E-state index contributed by atoms with van der Waals surface area (Å²) in [7, 11) is 0. The molecule has 0 aliphatic heterocycles. The summed E-state index contributed by atoms with van der Waals surface area (Å²) in [4.78, 5) is 21.8. The number of nitrogens with two attached hydrogens (primary N) is 1. The van der Waals surface area contributed by atoms with Gasteiger partial charge in [0.25, 0.3) is 5.91 Å². The van der Waals surface area contributed by atoms with E-state index in [9.17, 15) is 9.59 Å². The second kappa shape index (κ2) is 6.41. The van der Waals surface area contributed by atoms with E-state index in [1.807, 2.05) is 35.8 Å². The lowest BCUT2D eigenvalue weighted by Gasteiger charge is -2.06. The summed E-state index contributed by atoms with van der Waals surface area (Å²) in [6, 6.07) is 9.23. The summed E-state index contributed by atoms with van der Waals surface area (Å²) >= 11 is 0. The fourth-order valence-electron chi connectivity index (χ4n) is 0.978. The Hall–Kier alpha value is -2.08. The van der Waals surface area contributed by atoms with E-state index in [0.717, 1.165) is 5.56 Å². The van der Waals surface area contributed by atoms with E-state index >= 15 is 0 Å². The quantitative estimate of drug-likeness (QED) is 0.377. The lowest BCUT2D eigenvalue weighted by Crippen LogP contribution is -2.40. The number of ether oxygens (including phenoxy) is 1. The highest BCUT2D eigenvalue weighted by Gasteiger charge is 2.04. The van der Waals surface area contributed by atoms with Gasteiger partial charge < -0.3 is 10.1 Å². The van der Waals surface area contributed by atoms with Gasteiger partial charge in [0.2, 0.25) is 0 Å². The van der Waals surface area contributed by atoms with Crippen LogP contribution in [0.5, 0.6) is 0 Å². The van der Waals surface area contributed by atoms with E-state index in [4.69, 9.17) is 10.6 Å². The minimum atomic E-state index is -0.660. The number of hydrogen-bond donors (Lipinski definition) is 3. The van der Waals surface area contributed by atoms with Crippen LogP contribution in [0, 0.1) is 0 Å². The zero-order chi connectivity index (χ0) is 11.8. The van der Waals surface area contributed by atoms with Gasteiger partial charge in [-0.15, -0.1) is 0 Å². The van der Waals surface area contributed by atoms with Crippen molar-refractivity contribution >= 4 is 12.0 Å². The van der Waals surface area contributed by atoms with E-state index in [-0.39, 0.29) is 13.2 Å². The minimum Gasteiger partial charge on any atom is -0.445 e. The maximum absolute atomic E-state index is 11.1. The molecule has 0 saturated heterocycles. The summed E-state index contributed by atoms with van der Waals surface area (Å²) in [5, 5.41) is 2.25. The van der Waals surface area contributed by atoms with Crippen molar-refractivity contribution < 1.29 is 14.3 Å². The van der Waals surface area contributed by atoms with E-state index in [1.165, 1.54) is 0 Å². The number of nitrogens with one attached hydrogen (secondary N) is 2. The van der Waals surface area contributed by atoms with Gasteiger partial charge in [-0.2, -0.15) is 0 Å². The summed E-state index contributed by atoms with van der Waals surface area (Å²) in [5.41, 5.74) is 2.76. The second-order valence-corrected chi connectivity index (χ2v) is 2.98. The predicted molar refractivity (Wildman–Crippen MR) is 57.0 cm³/mol. The van der Waals surface area contributed by atoms with Crippen LogP contribution < -0.4 is 16.6 Å². The van der Waals surface area contributed by atoms with Crippen molar-refractivity contribution in [3.8, 4) is 0 Å². The molecule has 86 valence electrons. The maximum atomic E-state index is 11.1. The molecule has 1 rings (SSSR count). The first-order valence-electron chi connectivity index (χ1n) is 4.66. The molecule has 0 aliphatic carbocycles. The van der Waals surface area contributed by atoms with Crippen LogP contribution in [0.4, 0.5) is 4.79 Å². The Bertz CT molecular complexity index is 354. The Morgan fingerprint density at radius 1 is 1.25 bits per heavy atom. The zero-order valence-corrected chi connectivity index (χ0v) is 8.60. The highest BCUT2D eigenvalue weighted by atomic mass is 16.5. The van der Waals surface area contributed by atoms with Crippen LogP contribution in [0.3, 0.4) is 0 Å². The van der Waals surface area contributed by atoms with Crippen LogP contribution in [0.2, 0.25) is 0 Å². The van der Waals surface area contributed by atoms with Gasteiger partial charge in [-0.25, -0.2) is 10.6 Å². The monoisotopic (exact) mass is 223 g/mol. The second-order valence-electron chi connectivity index (χ2n) is 2.98. The summed E-state index contributed by atoms with van der Waals surface area (Å²) in [6.07, 6.45) is -0.660. The molecule has 1 aromatic rings. The summed E-state index contributed by atoms with van der Waals surface area (Å²) in [6.45, 7) is -0.0406. The van der Waals surface area contributed by atoms with Crippen LogP contribution in [-0.4, -0.2) is 18.5 Å². The van der Waals surface area contributed by atoms with Gasteiger partial charge in [0.05, 0.1) is 0 Å². The minimum absolute atomic E-state index is 0.164. The Labute approximate surface area is 92.7 Å². The van der Waals surface area contributed by atoms with Crippen LogP contribution in [-0.2, 0) is 16.1 Å². The molecule has 0 fully saturated rings. The standard InChI is InChI=1S/C10H13N3O3/c11-13-9(14)6-12-10(15)16-7-8-4-2-1-3-5-8/h1-5H,6-7,11H2,(H,12,15)(H,13,14). The number of rotatable bonds is 4. The van der Waals surface area contributed by atoms with Gasteiger partial charge in [0.15, 0.2) is 0 Å². The Morgan fingerprint density at radius 2 is 1.94 bits per heavy atom. The number of amides is 2. The first kappa shape index (κ1) is 12.0. The molecule has 6 heteroatoms. The average molecular weight is 223 g/mol. The van der Waals surface area contributed by atoms with Gasteiger partial charge in [-0.1, -0.05) is 30.3 Å². The smallest absolute Gasteiger partial charge is 0.407 e. The third kappa shape index (κ3) is 4.43. The lowest BCUT2D eigenvalue weighted by molar-refractivity contribution is -0.120. The molecule has 0 bridgehead atoms. The molecule has 0 atom stereocenters. The predicted octanol–water partition coefficient (Wildman–Crippen LogP) is -0.0973. The van der Waals surface area contributed by atoms with Gasteiger partial charge in [0.1, 0.15) is 13.2 Å². The van der Waals surface area contributed by atoms with Crippen LogP contribution >= 0.6 is 0 Å². The summed E-state index contributed by atoms with van der Waals surface area (Å²) < 4.78 is 4.85. The average Bonchev–Trinajstić information content (AvgIpc) is 2.34. The molecule has 0 aromatic heterocycles. The number of benzene rings is 1. The number of carbonyl (C=O) groups excluding carboxylic acids is 2. The van der Waals surface area contributed by atoms with Crippen molar-refractivity contribution in [2.24, 2.45) is 5.84 Å². The molecule has 0 radical (unpaired) electrons. The van der Waals surface area contributed by atoms with Crippen LogP contribution in [0.1, 0.15) is 5.56 Å². The molecule has 0 spiro atoms. The molecule has 0 heterocycles. The van der Waals surface area contributed by atoms with Crippen molar-refractivity contribution in [1.82, 2.24) is 10.7 Å². The molecule has 0 saturated carbocycles. The molecule has 16 heavy (non-hydrogen) atoms. The lowest BCUT2D eigenvalue weighted by atomic mass is 10.2. The number of alkyl carbamates (subject to hydrolysis) is 1. The SMILES string of the molecule is NNC(=O)CNC(=O)OCc1ccccc1. The molecule has 4 N–H and O–H groups in total. The van der Waals surface area contributed by atoms with E-state index in [0.29, 0.717) is 0 Å². The van der Waals surface area contributed by atoms with Gasteiger partial charge in [0, 0.05) is 0 Å². The molecule has 0 aliphatic rings. The molecule has 6 nitrogen and oxygen atoms in total. The molecule has 2 amide bonds. The van der Waals surface area contributed by atoms with Gasteiger partial charge in [-0.05, 0) is 5.56 Å². The van der Waals surface area contributed by atoms with Crippen molar-refractivity contribution in [2.45, 2.75) is 6.61 Å².